The smallest absolute Gasteiger partial charge is 0.256 e. The highest BCUT2D eigenvalue weighted by molar-refractivity contribution is 6.42. The number of carbonyl (C=O) groups is 1. The lowest BCUT2D eigenvalue weighted by Crippen LogP contribution is -2.13. The van der Waals surface area contributed by atoms with Crippen molar-refractivity contribution in [2.24, 2.45) is 0 Å². The third kappa shape index (κ3) is 4.72. The minimum Gasteiger partial charge on any atom is -0.380 e. The van der Waals surface area contributed by atoms with E-state index in [9.17, 15) is 4.79 Å². The molecule has 6 heteroatoms. The third-order valence-electron chi connectivity index (χ3n) is 3.53. The van der Waals surface area contributed by atoms with Crippen LogP contribution in [0.25, 0.3) is 0 Å². The Labute approximate surface area is 155 Å². The highest BCUT2D eigenvalue weighted by Gasteiger charge is 2.09. The molecular formula is C19H15Cl2N3O. The van der Waals surface area contributed by atoms with Crippen molar-refractivity contribution in [1.82, 2.24) is 4.98 Å². The Kier molecular flexibility index (Phi) is 5.53. The van der Waals surface area contributed by atoms with Gasteiger partial charge in [-0.05, 0) is 35.9 Å². The van der Waals surface area contributed by atoms with Gasteiger partial charge in [0.15, 0.2) is 0 Å². The zero-order chi connectivity index (χ0) is 17.6. The van der Waals surface area contributed by atoms with Gasteiger partial charge >= 0.3 is 0 Å². The number of pyridine rings is 1. The molecule has 2 N–H and O–H groups in total. The summed E-state index contributed by atoms with van der Waals surface area (Å²) in [6, 6.07) is 18.4. The second kappa shape index (κ2) is 8.01. The summed E-state index contributed by atoms with van der Waals surface area (Å²) in [6.07, 6.45) is 1.67. The lowest BCUT2D eigenvalue weighted by atomic mass is 10.2. The minimum absolute atomic E-state index is 0.295. The molecular weight excluding hydrogens is 357 g/mol. The van der Waals surface area contributed by atoms with Crippen LogP contribution >= 0.6 is 23.2 Å². The zero-order valence-corrected chi connectivity index (χ0v) is 14.7. The molecule has 0 fully saturated rings. The van der Waals surface area contributed by atoms with E-state index in [1.807, 2.05) is 36.4 Å². The zero-order valence-electron chi connectivity index (χ0n) is 13.2. The molecule has 1 heterocycles. The number of halogens is 2. The number of nitrogens with zero attached hydrogens (tertiary/aromatic N) is 1. The number of aromatic nitrogens is 1. The van der Waals surface area contributed by atoms with E-state index < -0.39 is 0 Å². The monoisotopic (exact) mass is 371 g/mol. The van der Waals surface area contributed by atoms with Crippen LogP contribution in [0.1, 0.15) is 15.9 Å². The lowest BCUT2D eigenvalue weighted by molar-refractivity contribution is 0.102. The molecule has 0 unspecified atom stereocenters. The summed E-state index contributed by atoms with van der Waals surface area (Å²) in [7, 11) is 0. The molecule has 0 atom stereocenters. The molecule has 0 saturated heterocycles. The Hall–Kier alpha value is -2.56. The van der Waals surface area contributed by atoms with Crippen molar-refractivity contribution >= 4 is 40.6 Å². The van der Waals surface area contributed by atoms with Crippen molar-refractivity contribution in [2.45, 2.75) is 6.54 Å². The van der Waals surface area contributed by atoms with E-state index in [1.54, 1.807) is 24.4 Å². The predicted molar refractivity (Wildman–Crippen MR) is 102 cm³/mol. The van der Waals surface area contributed by atoms with Gasteiger partial charge in [-0.3, -0.25) is 4.79 Å². The van der Waals surface area contributed by atoms with Crippen LogP contribution in [0.3, 0.4) is 0 Å². The topological polar surface area (TPSA) is 54.0 Å². The van der Waals surface area contributed by atoms with E-state index in [0.29, 0.717) is 28.0 Å². The molecule has 4 nitrogen and oxygen atoms in total. The number of amides is 1. The molecule has 0 spiro atoms. The maximum atomic E-state index is 12.2. The molecule has 0 radical (unpaired) electrons. The van der Waals surface area contributed by atoms with E-state index in [-0.39, 0.29) is 5.91 Å². The number of anilines is 2. The Balaban J connectivity index is 1.60. The molecule has 3 aromatic rings. The molecule has 25 heavy (non-hydrogen) atoms. The summed E-state index contributed by atoms with van der Waals surface area (Å²) in [6.45, 7) is 0.706. The van der Waals surface area contributed by atoms with Gasteiger partial charge in [0.1, 0.15) is 5.82 Å². The molecule has 1 amide bonds. The number of hydrogen-bond donors (Lipinski definition) is 2. The molecule has 0 bridgehead atoms. The molecule has 3 rings (SSSR count). The SMILES string of the molecule is O=C(Nc1ccc(NCc2ccccc2)cn1)c1ccc(Cl)c(Cl)c1. The maximum Gasteiger partial charge on any atom is 0.256 e. The molecule has 1 aromatic heterocycles. The van der Waals surface area contributed by atoms with Crippen LogP contribution in [-0.2, 0) is 6.54 Å². The van der Waals surface area contributed by atoms with Gasteiger partial charge in [-0.15, -0.1) is 0 Å². The molecule has 126 valence electrons. The van der Waals surface area contributed by atoms with E-state index in [1.165, 1.54) is 11.6 Å². The molecule has 0 aliphatic rings. The van der Waals surface area contributed by atoms with E-state index in [2.05, 4.69) is 15.6 Å². The molecule has 0 aliphatic heterocycles. The van der Waals surface area contributed by atoms with Crippen LogP contribution in [-0.4, -0.2) is 10.9 Å². The average molecular weight is 372 g/mol. The van der Waals surface area contributed by atoms with Gasteiger partial charge < -0.3 is 10.6 Å². The number of hydrogen-bond acceptors (Lipinski definition) is 3. The van der Waals surface area contributed by atoms with E-state index in [4.69, 9.17) is 23.2 Å². The summed E-state index contributed by atoms with van der Waals surface area (Å²) in [5, 5.41) is 6.75. The summed E-state index contributed by atoms with van der Waals surface area (Å²) in [5.74, 6) is 0.164. The third-order valence-corrected chi connectivity index (χ3v) is 4.27. The van der Waals surface area contributed by atoms with Gasteiger partial charge in [0.25, 0.3) is 5.91 Å². The lowest BCUT2D eigenvalue weighted by Gasteiger charge is -2.08. The first kappa shape index (κ1) is 17.3. The van der Waals surface area contributed by atoms with Crippen molar-refractivity contribution in [2.75, 3.05) is 10.6 Å². The quantitative estimate of drug-likeness (QED) is 0.643. The van der Waals surface area contributed by atoms with Gasteiger partial charge in [0.05, 0.1) is 21.9 Å². The van der Waals surface area contributed by atoms with Crippen molar-refractivity contribution in [3.05, 3.63) is 88.0 Å². The highest BCUT2D eigenvalue weighted by Crippen LogP contribution is 2.23. The van der Waals surface area contributed by atoms with Crippen molar-refractivity contribution < 1.29 is 4.79 Å². The number of carbonyl (C=O) groups excluding carboxylic acids is 1. The van der Waals surface area contributed by atoms with Crippen LogP contribution in [0.2, 0.25) is 10.0 Å². The fourth-order valence-electron chi connectivity index (χ4n) is 2.20. The van der Waals surface area contributed by atoms with Crippen LogP contribution in [0.4, 0.5) is 11.5 Å². The molecule has 0 saturated carbocycles. The van der Waals surface area contributed by atoms with Gasteiger partial charge in [-0.2, -0.15) is 0 Å². The second-order valence-corrected chi connectivity index (χ2v) is 6.17. The van der Waals surface area contributed by atoms with Crippen molar-refractivity contribution in [1.29, 1.82) is 0 Å². The summed E-state index contributed by atoms with van der Waals surface area (Å²) < 4.78 is 0. The summed E-state index contributed by atoms with van der Waals surface area (Å²) in [4.78, 5) is 16.4. The fourth-order valence-corrected chi connectivity index (χ4v) is 2.50. The largest absolute Gasteiger partial charge is 0.380 e. The Morgan fingerprint density at radius 3 is 2.44 bits per heavy atom. The van der Waals surface area contributed by atoms with Crippen LogP contribution in [0.15, 0.2) is 66.9 Å². The average Bonchev–Trinajstić information content (AvgIpc) is 2.64. The van der Waals surface area contributed by atoms with Gasteiger partial charge in [0.2, 0.25) is 0 Å². The Morgan fingerprint density at radius 1 is 0.960 bits per heavy atom. The fraction of sp³-hybridized carbons (Fsp3) is 0.0526. The first-order valence-corrected chi connectivity index (χ1v) is 8.38. The van der Waals surface area contributed by atoms with Gasteiger partial charge in [-0.1, -0.05) is 53.5 Å². The highest BCUT2D eigenvalue weighted by atomic mass is 35.5. The second-order valence-electron chi connectivity index (χ2n) is 5.35. The Bertz CT molecular complexity index is 868. The normalized spacial score (nSPS) is 10.3. The van der Waals surface area contributed by atoms with E-state index in [0.717, 1.165) is 5.69 Å². The first-order valence-electron chi connectivity index (χ1n) is 7.62. The molecule has 0 aliphatic carbocycles. The van der Waals surface area contributed by atoms with Gasteiger partial charge in [0, 0.05) is 12.1 Å². The van der Waals surface area contributed by atoms with E-state index >= 15 is 0 Å². The number of rotatable bonds is 5. The summed E-state index contributed by atoms with van der Waals surface area (Å²) >= 11 is 11.8. The number of benzene rings is 2. The minimum atomic E-state index is -0.295. The molecule has 2 aromatic carbocycles. The summed E-state index contributed by atoms with van der Waals surface area (Å²) in [5.41, 5.74) is 2.47. The van der Waals surface area contributed by atoms with Crippen LogP contribution in [0, 0.1) is 0 Å². The predicted octanol–water partition coefficient (Wildman–Crippen LogP) is 5.25. The van der Waals surface area contributed by atoms with Crippen LogP contribution in [0.5, 0.6) is 0 Å². The van der Waals surface area contributed by atoms with Gasteiger partial charge in [-0.25, -0.2) is 4.98 Å². The van der Waals surface area contributed by atoms with Crippen molar-refractivity contribution in [3.8, 4) is 0 Å². The maximum absolute atomic E-state index is 12.2. The Morgan fingerprint density at radius 2 is 1.76 bits per heavy atom. The number of nitrogens with one attached hydrogen (secondary N) is 2. The standard InChI is InChI=1S/C19H15Cl2N3O/c20-16-8-6-14(10-17(16)21)19(25)24-18-9-7-15(12-23-18)22-11-13-4-2-1-3-5-13/h1-10,12,22H,11H2,(H,23,24,25). The first-order chi connectivity index (χ1) is 12.1. The van der Waals surface area contributed by atoms with Crippen molar-refractivity contribution in [3.63, 3.8) is 0 Å². The van der Waals surface area contributed by atoms with Crippen LogP contribution < -0.4 is 10.6 Å².